The van der Waals surface area contributed by atoms with E-state index in [0.29, 0.717) is 6.54 Å². The maximum atomic E-state index is 13.2. The minimum absolute atomic E-state index is 0.124. The molecule has 1 aliphatic rings. The van der Waals surface area contributed by atoms with Crippen LogP contribution in [-0.4, -0.2) is 30.9 Å². The molecule has 1 heterocycles. The Kier molecular flexibility index (Phi) is 5.09. The van der Waals surface area contributed by atoms with Gasteiger partial charge in [-0.25, -0.2) is 4.39 Å². The van der Waals surface area contributed by atoms with Gasteiger partial charge in [0.1, 0.15) is 5.82 Å². The largest absolute Gasteiger partial charge is 0.359 e. The summed E-state index contributed by atoms with van der Waals surface area (Å²) in [5, 5.41) is 2.71. The van der Waals surface area contributed by atoms with Gasteiger partial charge in [-0.2, -0.15) is 0 Å². The van der Waals surface area contributed by atoms with Crippen molar-refractivity contribution in [2.45, 2.75) is 25.9 Å². The van der Waals surface area contributed by atoms with Crippen molar-refractivity contribution in [1.82, 2.24) is 10.2 Å². The molecule has 0 unspecified atom stereocenters. The Labute approximate surface area is 119 Å². The van der Waals surface area contributed by atoms with Gasteiger partial charge in [-0.05, 0) is 49.2 Å². The smallest absolute Gasteiger partial charge is 0.222 e. The van der Waals surface area contributed by atoms with Crippen LogP contribution in [0.2, 0.25) is 0 Å². The van der Waals surface area contributed by atoms with Crippen LogP contribution < -0.4 is 11.1 Å². The van der Waals surface area contributed by atoms with Gasteiger partial charge in [0.15, 0.2) is 0 Å². The van der Waals surface area contributed by atoms with E-state index in [9.17, 15) is 9.18 Å². The van der Waals surface area contributed by atoms with Crippen LogP contribution in [-0.2, 0) is 17.9 Å². The number of carbonyl (C=O) groups excluding carboxylic acids is 1. The molecule has 0 aromatic heterocycles. The van der Waals surface area contributed by atoms with E-state index in [2.05, 4.69) is 10.2 Å². The molecule has 0 aliphatic carbocycles. The van der Waals surface area contributed by atoms with Crippen molar-refractivity contribution >= 4 is 5.91 Å². The van der Waals surface area contributed by atoms with Crippen molar-refractivity contribution in [1.29, 1.82) is 0 Å². The van der Waals surface area contributed by atoms with Crippen molar-refractivity contribution < 1.29 is 9.18 Å². The average molecular weight is 279 g/mol. The summed E-state index contributed by atoms with van der Waals surface area (Å²) in [6.45, 7) is 2.90. The molecular formula is C15H22FN3O. The second-order valence-corrected chi connectivity index (χ2v) is 5.28. The molecule has 1 saturated heterocycles. The number of likely N-dealkylation sites (tertiary alicyclic amines) is 1. The third-order valence-corrected chi connectivity index (χ3v) is 3.99. The van der Waals surface area contributed by atoms with Crippen LogP contribution in [0.4, 0.5) is 4.39 Å². The molecule has 1 amide bonds. The first-order valence-corrected chi connectivity index (χ1v) is 7.05. The molecule has 3 N–H and O–H groups in total. The van der Waals surface area contributed by atoms with Crippen LogP contribution in [0.3, 0.4) is 0 Å². The minimum Gasteiger partial charge on any atom is -0.359 e. The molecule has 0 saturated carbocycles. The van der Waals surface area contributed by atoms with Crippen LogP contribution in [0, 0.1) is 11.7 Å². The zero-order valence-corrected chi connectivity index (χ0v) is 11.9. The summed E-state index contributed by atoms with van der Waals surface area (Å²) < 4.78 is 13.2. The standard InChI is InChI=1S/C15H22FN3O/c1-18-15(20)11-4-6-19(7-5-11)10-12-2-3-14(16)8-13(12)9-17/h2-3,8,11H,4-7,9-10,17H2,1H3,(H,18,20). The number of nitrogens with two attached hydrogens (primary N) is 1. The van der Waals surface area contributed by atoms with Gasteiger partial charge in [-0.3, -0.25) is 9.69 Å². The third-order valence-electron chi connectivity index (χ3n) is 3.99. The molecule has 2 rings (SSSR count). The van der Waals surface area contributed by atoms with Gasteiger partial charge in [-0.1, -0.05) is 6.07 Å². The summed E-state index contributed by atoms with van der Waals surface area (Å²) in [4.78, 5) is 13.9. The van der Waals surface area contributed by atoms with E-state index in [1.165, 1.54) is 12.1 Å². The Morgan fingerprint density at radius 3 is 2.70 bits per heavy atom. The lowest BCUT2D eigenvalue weighted by Gasteiger charge is -2.31. The SMILES string of the molecule is CNC(=O)C1CCN(Cc2ccc(F)cc2CN)CC1. The van der Waals surface area contributed by atoms with Gasteiger partial charge < -0.3 is 11.1 Å². The van der Waals surface area contributed by atoms with Crippen molar-refractivity contribution in [3.8, 4) is 0 Å². The first-order chi connectivity index (χ1) is 9.63. The Hall–Kier alpha value is -1.46. The molecule has 0 spiro atoms. The third kappa shape index (κ3) is 3.55. The quantitative estimate of drug-likeness (QED) is 0.872. The molecule has 1 aromatic rings. The van der Waals surface area contributed by atoms with E-state index in [-0.39, 0.29) is 17.6 Å². The number of piperidine rings is 1. The summed E-state index contributed by atoms with van der Waals surface area (Å²) in [5.74, 6) is 0.0139. The van der Waals surface area contributed by atoms with Gasteiger partial charge >= 0.3 is 0 Å². The van der Waals surface area contributed by atoms with E-state index in [1.807, 2.05) is 6.07 Å². The van der Waals surface area contributed by atoms with Crippen LogP contribution in [0.5, 0.6) is 0 Å². The number of carbonyl (C=O) groups is 1. The number of rotatable bonds is 4. The van der Waals surface area contributed by atoms with Gasteiger partial charge in [0.2, 0.25) is 5.91 Å². The molecule has 110 valence electrons. The predicted molar refractivity (Wildman–Crippen MR) is 76.4 cm³/mol. The average Bonchev–Trinajstić information content (AvgIpc) is 2.49. The van der Waals surface area contributed by atoms with Crippen molar-refractivity contribution in [2.75, 3.05) is 20.1 Å². The van der Waals surface area contributed by atoms with Gasteiger partial charge in [0, 0.05) is 26.1 Å². The summed E-state index contributed by atoms with van der Waals surface area (Å²) in [6.07, 6.45) is 1.75. The number of hydrogen-bond acceptors (Lipinski definition) is 3. The fraction of sp³-hybridized carbons (Fsp3) is 0.533. The lowest BCUT2D eigenvalue weighted by Crippen LogP contribution is -2.39. The van der Waals surface area contributed by atoms with E-state index in [0.717, 1.165) is 43.6 Å². The number of amides is 1. The molecule has 5 heteroatoms. The number of nitrogens with zero attached hydrogens (tertiary/aromatic N) is 1. The van der Waals surface area contributed by atoms with Gasteiger partial charge in [0.25, 0.3) is 0 Å². The molecule has 0 radical (unpaired) electrons. The molecule has 1 fully saturated rings. The molecule has 20 heavy (non-hydrogen) atoms. The van der Waals surface area contributed by atoms with Crippen LogP contribution >= 0.6 is 0 Å². The molecule has 4 nitrogen and oxygen atoms in total. The zero-order valence-electron chi connectivity index (χ0n) is 11.9. The van der Waals surface area contributed by atoms with Crippen molar-refractivity contribution in [3.63, 3.8) is 0 Å². The Morgan fingerprint density at radius 2 is 2.10 bits per heavy atom. The predicted octanol–water partition coefficient (Wildman–Crippen LogP) is 1.24. The first kappa shape index (κ1) is 14.9. The summed E-state index contributed by atoms with van der Waals surface area (Å²) in [5.41, 5.74) is 7.60. The Morgan fingerprint density at radius 1 is 1.40 bits per heavy atom. The topological polar surface area (TPSA) is 58.4 Å². The summed E-state index contributed by atoms with van der Waals surface area (Å²) in [7, 11) is 1.68. The maximum absolute atomic E-state index is 13.2. The fourth-order valence-electron chi connectivity index (χ4n) is 2.74. The number of nitrogens with one attached hydrogen (secondary N) is 1. The highest BCUT2D eigenvalue weighted by Gasteiger charge is 2.24. The van der Waals surface area contributed by atoms with Crippen LogP contribution in [0.25, 0.3) is 0 Å². The monoisotopic (exact) mass is 279 g/mol. The zero-order chi connectivity index (χ0) is 14.5. The first-order valence-electron chi connectivity index (χ1n) is 7.05. The van der Waals surface area contributed by atoms with Crippen molar-refractivity contribution in [2.24, 2.45) is 11.7 Å². The van der Waals surface area contributed by atoms with E-state index in [1.54, 1.807) is 7.05 Å². The van der Waals surface area contributed by atoms with Crippen LogP contribution in [0.15, 0.2) is 18.2 Å². The lowest BCUT2D eigenvalue weighted by molar-refractivity contribution is -0.125. The van der Waals surface area contributed by atoms with Gasteiger partial charge in [-0.15, -0.1) is 0 Å². The number of halogens is 1. The van der Waals surface area contributed by atoms with Crippen LogP contribution in [0.1, 0.15) is 24.0 Å². The Bertz CT molecular complexity index is 470. The summed E-state index contributed by atoms with van der Waals surface area (Å²) in [6, 6.07) is 4.79. The maximum Gasteiger partial charge on any atom is 0.222 e. The number of hydrogen-bond donors (Lipinski definition) is 2. The second-order valence-electron chi connectivity index (χ2n) is 5.28. The van der Waals surface area contributed by atoms with E-state index in [4.69, 9.17) is 5.73 Å². The molecule has 0 bridgehead atoms. The lowest BCUT2D eigenvalue weighted by atomic mass is 9.95. The normalized spacial score (nSPS) is 17.1. The second kappa shape index (κ2) is 6.81. The number of benzene rings is 1. The molecule has 1 aromatic carbocycles. The highest BCUT2D eigenvalue weighted by Crippen LogP contribution is 2.20. The summed E-state index contributed by atoms with van der Waals surface area (Å²) >= 11 is 0. The Balaban J connectivity index is 1.94. The highest BCUT2D eigenvalue weighted by atomic mass is 19.1. The van der Waals surface area contributed by atoms with Gasteiger partial charge in [0.05, 0.1) is 0 Å². The minimum atomic E-state index is -0.243. The molecule has 1 aliphatic heterocycles. The van der Waals surface area contributed by atoms with E-state index >= 15 is 0 Å². The fourth-order valence-corrected chi connectivity index (χ4v) is 2.74. The molecular weight excluding hydrogens is 257 g/mol. The molecule has 0 atom stereocenters. The van der Waals surface area contributed by atoms with E-state index < -0.39 is 0 Å². The van der Waals surface area contributed by atoms with Crippen molar-refractivity contribution in [3.05, 3.63) is 35.1 Å². The highest BCUT2D eigenvalue weighted by molar-refractivity contribution is 5.78.